The van der Waals surface area contributed by atoms with Crippen LogP contribution in [0.2, 0.25) is 0 Å². The number of hydrogen-bond donors (Lipinski definition) is 3. The summed E-state index contributed by atoms with van der Waals surface area (Å²) < 4.78 is 5.25. The third-order valence-corrected chi connectivity index (χ3v) is 3.37. The van der Waals surface area contributed by atoms with Crippen molar-refractivity contribution in [2.45, 2.75) is 25.8 Å². The first-order valence-electron chi connectivity index (χ1n) is 7.70. The SMILES string of the molecule is CCCc1nc([C@H](NC(=O)Nc2cn[nH]c2)c2ccccc2)no1. The van der Waals surface area contributed by atoms with Crippen LogP contribution in [-0.4, -0.2) is 26.4 Å². The predicted molar refractivity (Wildman–Crippen MR) is 87.3 cm³/mol. The second-order valence-corrected chi connectivity index (χ2v) is 5.23. The lowest BCUT2D eigenvalue weighted by Gasteiger charge is -2.16. The molecule has 0 radical (unpaired) electrons. The molecule has 0 saturated heterocycles. The first-order valence-corrected chi connectivity index (χ1v) is 7.70. The fourth-order valence-corrected chi connectivity index (χ4v) is 2.26. The summed E-state index contributed by atoms with van der Waals surface area (Å²) in [5, 5.41) is 16.0. The van der Waals surface area contributed by atoms with Gasteiger partial charge in [0.2, 0.25) is 5.89 Å². The van der Waals surface area contributed by atoms with Crippen molar-refractivity contribution in [2.75, 3.05) is 5.32 Å². The van der Waals surface area contributed by atoms with Crippen molar-refractivity contribution in [1.82, 2.24) is 25.7 Å². The number of urea groups is 1. The molecule has 0 bridgehead atoms. The molecule has 3 N–H and O–H groups in total. The van der Waals surface area contributed by atoms with E-state index >= 15 is 0 Å². The number of aromatic amines is 1. The largest absolute Gasteiger partial charge is 0.339 e. The number of hydrogen-bond acceptors (Lipinski definition) is 5. The summed E-state index contributed by atoms with van der Waals surface area (Å²) in [6.07, 6.45) is 4.72. The number of rotatable bonds is 6. The van der Waals surface area contributed by atoms with Crippen LogP contribution in [0.4, 0.5) is 10.5 Å². The van der Waals surface area contributed by atoms with Crippen molar-refractivity contribution in [3.63, 3.8) is 0 Å². The number of amides is 2. The van der Waals surface area contributed by atoms with Gasteiger partial charge < -0.3 is 15.2 Å². The van der Waals surface area contributed by atoms with Crippen molar-refractivity contribution >= 4 is 11.7 Å². The molecule has 0 fully saturated rings. The molecule has 8 nitrogen and oxygen atoms in total. The van der Waals surface area contributed by atoms with E-state index in [1.54, 1.807) is 6.20 Å². The summed E-state index contributed by atoms with van der Waals surface area (Å²) in [4.78, 5) is 16.6. The van der Waals surface area contributed by atoms with Crippen LogP contribution in [0.1, 0.15) is 36.7 Å². The standard InChI is InChI=1S/C16H18N6O2/c1-2-6-13-20-15(22-24-13)14(11-7-4-3-5-8-11)21-16(23)19-12-9-17-18-10-12/h3-5,7-10,14H,2,6H2,1H3,(H,17,18)(H2,19,21,23)/t14-/m1/s1. The van der Waals surface area contributed by atoms with Gasteiger partial charge in [-0.25, -0.2) is 4.79 Å². The molecule has 0 spiro atoms. The summed E-state index contributed by atoms with van der Waals surface area (Å²) >= 11 is 0. The number of H-pyrrole nitrogens is 1. The number of carbonyl (C=O) groups excluding carboxylic acids is 1. The highest BCUT2D eigenvalue weighted by atomic mass is 16.5. The Morgan fingerprint density at radius 3 is 2.88 bits per heavy atom. The molecular weight excluding hydrogens is 308 g/mol. The first kappa shape index (κ1) is 15.7. The lowest BCUT2D eigenvalue weighted by molar-refractivity contribution is 0.249. The summed E-state index contributed by atoms with van der Waals surface area (Å²) in [5.41, 5.74) is 1.43. The van der Waals surface area contributed by atoms with Crippen LogP contribution < -0.4 is 10.6 Å². The molecule has 8 heteroatoms. The molecule has 2 amide bonds. The van der Waals surface area contributed by atoms with E-state index in [0.29, 0.717) is 23.8 Å². The van der Waals surface area contributed by atoms with Crippen LogP contribution in [0, 0.1) is 0 Å². The number of nitrogens with one attached hydrogen (secondary N) is 3. The number of benzene rings is 1. The summed E-state index contributed by atoms with van der Waals surface area (Å²) in [6.45, 7) is 2.04. The molecule has 3 aromatic rings. The van der Waals surface area contributed by atoms with Crippen LogP contribution in [0.3, 0.4) is 0 Å². The molecule has 1 atom stereocenters. The molecule has 2 aromatic heterocycles. The summed E-state index contributed by atoms with van der Waals surface area (Å²) in [5.74, 6) is 0.984. The van der Waals surface area contributed by atoms with Gasteiger partial charge in [0.25, 0.3) is 0 Å². The molecule has 124 valence electrons. The Kier molecular flexibility index (Phi) is 4.85. The summed E-state index contributed by atoms with van der Waals surface area (Å²) in [7, 11) is 0. The average Bonchev–Trinajstić information content (AvgIpc) is 3.26. The Bertz CT molecular complexity index is 769. The average molecular weight is 326 g/mol. The minimum atomic E-state index is -0.507. The van der Waals surface area contributed by atoms with E-state index in [2.05, 4.69) is 31.0 Å². The van der Waals surface area contributed by atoms with Crippen molar-refractivity contribution in [3.8, 4) is 0 Å². The van der Waals surface area contributed by atoms with Crippen LogP contribution in [0.5, 0.6) is 0 Å². The smallest absolute Gasteiger partial charge is 0.320 e. The van der Waals surface area contributed by atoms with Crippen LogP contribution in [0.25, 0.3) is 0 Å². The zero-order valence-electron chi connectivity index (χ0n) is 13.2. The van der Waals surface area contributed by atoms with Crippen molar-refractivity contribution in [3.05, 3.63) is 60.0 Å². The van der Waals surface area contributed by atoms with Gasteiger partial charge in [-0.2, -0.15) is 10.1 Å². The Morgan fingerprint density at radius 2 is 2.17 bits per heavy atom. The Hall–Kier alpha value is -3.16. The van der Waals surface area contributed by atoms with E-state index in [-0.39, 0.29) is 6.03 Å². The molecule has 0 aliphatic rings. The van der Waals surface area contributed by atoms with Gasteiger partial charge in [0.05, 0.1) is 11.9 Å². The monoisotopic (exact) mass is 326 g/mol. The fraction of sp³-hybridized carbons (Fsp3) is 0.250. The van der Waals surface area contributed by atoms with Gasteiger partial charge in [-0.3, -0.25) is 5.10 Å². The maximum absolute atomic E-state index is 12.2. The second kappa shape index (κ2) is 7.40. The lowest BCUT2D eigenvalue weighted by atomic mass is 10.1. The first-order chi connectivity index (χ1) is 11.8. The molecule has 1 aromatic carbocycles. The minimum absolute atomic E-state index is 0.382. The van der Waals surface area contributed by atoms with Gasteiger partial charge in [-0.1, -0.05) is 42.4 Å². The zero-order valence-corrected chi connectivity index (χ0v) is 13.2. The van der Waals surface area contributed by atoms with Crippen molar-refractivity contribution < 1.29 is 9.32 Å². The Morgan fingerprint density at radius 1 is 1.33 bits per heavy atom. The maximum Gasteiger partial charge on any atom is 0.320 e. The van der Waals surface area contributed by atoms with E-state index in [0.717, 1.165) is 12.0 Å². The highest BCUT2D eigenvalue weighted by molar-refractivity contribution is 5.89. The molecule has 0 unspecified atom stereocenters. The molecular formula is C16H18N6O2. The van der Waals surface area contributed by atoms with E-state index in [4.69, 9.17) is 4.52 Å². The fourth-order valence-electron chi connectivity index (χ4n) is 2.26. The normalized spacial score (nSPS) is 11.9. The second-order valence-electron chi connectivity index (χ2n) is 5.23. The highest BCUT2D eigenvalue weighted by Crippen LogP contribution is 2.20. The van der Waals surface area contributed by atoms with Crippen molar-refractivity contribution in [1.29, 1.82) is 0 Å². The number of aromatic nitrogens is 4. The quantitative estimate of drug-likeness (QED) is 0.645. The lowest BCUT2D eigenvalue weighted by Crippen LogP contribution is -2.33. The maximum atomic E-state index is 12.2. The molecule has 0 aliphatic heterocycles. The summed E-state index contributed by atoms with van der Waals surface area (Å²) in [6, 6.07) is 8.61. The van der Waals surface area contributed by atoms with Gasteiger partial charge in [-0.15, -0.1) is 0 Å². The number of nitrogens with zero attached hydrogens (tertiary/aromatic N) is 3. The molecule has 3 rings (SSSR count). The number of anilines is 1. The zero-order chi connectivity index (χ0) is 16.8. The van der Waals surface area contributed by atoms with E-state index < -0.39 is 6.04 Å². The van der Waals surface area contributed by atoms with Crippen molar-refractivity contribution in [2.24, 2.45) is 0 Å². The third kappa shape index (κ3) is 3.78. The van der Waals surface area contributed by atoms with Gasteiger partial charge in [0, 0.05) is 12.6 Å². The topological polar surface area (TPSA) is 109 Å². The van der Waals surface area contributed by atoms with Crippen LogP contribution >= 0.6 is 0 Å². The van der Waals surface area contributed by atoms with Crippen LogP contribution in [0.15, 0.2) is 47.2 Å². The predicted octanol–water partition coefficient (Wildman–Crippen LogP) is 2.66. The molecule has 0 aliphatic carbocycles. The third-order valence-electron chi connectivity index (χ3n) is 3.37. The minimum Gasteiger partial charge on any atom is -0.339 e. The van der Waals surface area contributed by atoms with E-state index in [1.165, 1.54) is 6.20 Å². The molecule has 0 saturated carbocycles. The number of carbonyl (C=O) groups is 1. The van der Waals surface area contributed by atoms with E-state index in [9.17, 15) is 4.79 Å². The molecule has 2 heterocycles. The highest BCUT2D eigenvalue weighted by Gasteiger charge is 2.22. The van der Waals surface area contributed by atoms with Gasteiger partial charge in [0.15, 0.2) is 5.82 Å². The number of aryl methyl sites for hydroxylation is 1. The van der Waals surface area contributed by atoms with Gasteiger partial charge in [0.1, 0.15) is 6.04 Å². The Labute approximate surface area is 138 Å². The molecule has 24 heavy (non-hydrogen) atoms. The van der Waals surface area contributed by atoms with E-state index in [1.807, 2.05) is 37.3 Å². The van der Waals surface area contributed by atoms with Gasteiger partial charge in [-0.05, 0) is 12.0 Å². The van der Waals surface area contributed by atoms with Crippen LogP contribution in [-0.2, 0) is 6.42 Å². The Balaban J connectivity index is 1.80. The van der Waals surface area contributed by atoms with Gasteiger partial charge >= 0.3 is 6.03 Å².